The largest absolute Gasteiger partial charge is 0.387 e. The summed E-state index contributed by atoms with van der Waals surface area (Å²) in [4.78, 5) is 16.4. The van der Waals surface area contributed by atoms with Gasteiger partial charge >= 0.3 is 0 Å². The lowest BCUT2D eigenvalue weighted by molar-refractivity contribution is 0.0913. The molecule has 24 heavy (non-hydrogen) atoms. The maximum Gasteiger partial charge on any atom is 0.270 e. The Kier molecular flexibility index (Phi) is 4.48. The SMILES string of the molecule is O=C(NCC(O)c1ccc(F)c(F)c1)c1nccc2ccccc12. The first-order valence-corrected chi connectivity index (χ1v) is 7.31. The Morgan fingerprint density at radius 3 is 2.71 bits per heavy atom. The number of hydrogen-bond acceptors (Lipinski definition) is 3. The zero-order valence-electron chi connectivity index (χ0n) is 12.5. The molecule has 0 saturated carbocycles. The smallest absolute Gasteiger partial charge is 0.270 e. The molecule has 1 atom stereocenters. The first-order valence-electron chi connectivity index (χ1n) is 7.31. The number of nitrogens with zero attached hydrogens (tertiary/aromatic N) is 1. The number of amides is 1. The Hall–Kier alpha value is -2.86. The number of pyridine rings is 1. The normalized spacial score (nSPS) is 12.1. The maximum atomic E-state index is 13.2. The van der Waals surface area contributed by atoms with Crippen molar-refractivity contribution in [3.63, 3.8) is 0 Å². The topological polar surface area (TPSA) is 62.2 Å². The third-order valence-corrected chi connectivity index (χ3v) is 3.67. The van der Waals surface area contributed by atoms with Crippen LogP contribution in [0.15, 0.2) is 54.7 Å². The minimum absolute atomic E-state index is 0.144. The predicted octanol–water partition coefficient (Wildman–Crippen LogP) is 2.98. The molecule has 0 fully saturated rings. The van der Waals surface area contributed by atoms with Crippen molar-refractivity contribution in [1.82, 2.24) is 10.3 Å². The second-order valence-electron chi connectivity index (χ2n) is 5.28. The summed E-state index contributed by atoms with van der Waals surface area (Å²) in [5.41, 5.74) is 0.422. The summed E-state index contributed by atoms with van der Waals surface area (Å²) in [5.74, 6) is -2.49. The van der Waals surface area contributed by atoms with Crippen LogP contribution < -0.4 is 5.32 Å². The van der Waals surface area contributed by atoms with Gasteiger partial charge < -0.3 is 10.4 Å². The van der Waals surface area contributed by atoms with Gasteiger partial charge in [0, 0.05) is 18.1 Å². The van der Waals surface area contributed by atoms with Gasteiger partial charge in [-0.2, -0.15) is 0 Å². The van der Waals surface area contributed by atoms with E-state index in [0.717, 1.165) is 17.5 Å². The Morgan fingerprint density at radius 1 is 1.12 bits per heavy atom. The molecule has 2 aromatic carbocycles. The van der Waals surface area contributed by atoms with Gasteiger partial charge in [0.1, 0.15) is 5.69 Å². The summed E-state index contributed by atoms with van der Waals surface area (Å²) in [6.45, 7) is -0.144. The Morgan fingerprint density at radius 2 is 1.92 bits per heavy atom. The van der Waals surface area contributed by atoms with Gasteiger partial charge in [0.25, 0.3) is 5.91 Å². The van der Waals surface area contributed by atoms with Crippen LogP contribution in [0.4, 0.5) is 8.78 Å². The first kappa shape index (κ1) is 16.0. The number of rotatable bonds is 4. The van der Waals surface area contributed by atoms with Crippen molar-refractivity contribution in [3.05, 3.63) is 77.6 Å². The molecule has 3 aromatic rings. The van der Waals surface area contributed by atoms with Crippen molar-refractivity contribution in [2.45, 2.75) is 6.10 Å². The van der Waals surface area contributed by atoms with Crippen LogP contribution in [-0.4, -0.2) is 22.5 Å². The highest BCUT2D eigenvalue weighted by Crippen LogP contribution is 2.18. The fraction of sp³-hybridized carbons (Fsp3) is 0.111. The highest BCUT2D eigenvalue weighted by Gasteiger charge is 2.15. The van der Waals surface area contributed by atoms with Crippen LogP contribution in [0.1, 0.15) is 22.2 Å². The summed E-state index contributed by atoms with van der Waals surface area (Å²) in [6, 6.07) is 12.2. The number of carbonyl (C=O) groups is 1. The molecule has 0 aliphatic heterocycles. The molecule has 0 aliphatic rings. The summed E-state index contributed by atoms with van der Waals surface area (Å²) in [6.07, 6.45) is 0.377. The molecular weight excluding hydrogens is 314 g/mol. The van der Waals surface area contributed by atoms with E-state index in [1.165, 1.54) is 12.3 Å². The average molecular weight is 328 g/mol. The number of halogens is 2. The molecule has 4 nitrogen and oxygen atoms in total. The molecule has 0 spiro atoms. The van der Waals surface area contributed by atoms with E-state index in [0.29, 0.717) is 5.39 Å². The molecule has 1 unspecified atom stereocenters. The maximum absolute atomic E-state index is 13.2. The van der Waals surface area contributed by atoms with Gasteiger partial charge in [-0.15, -0.1) is 0 Å². The van der Waals surface area contributed by atoms with Crippen molar-refractivity contribution >= 4 is 16.7 Å². The Bertz CT molecular complexity index is 894. The fourth-order valence-electron chi connectivity index (χ4n) is 2.41. The molecule has 3 rings (SSSR count). The third kappa shape index (κ3) is 3.23. The van der Waals surface area contributed by atoms with Crippen molar-refractivity contribution in [2.75, 3.05) is 6.54 Å². The number of aliphatic hydroxyl groups excluding tert-OH is 1. The lowest BCUT2D eigenvalue weighted by Gasteiger charge is -2.13. The number of hydrogen-bond donors (Lipinski definition) is 2. The summed E-state index contributed by atoms with van der Waals surface area (Å²) >= 11 is 0. The molecule has 1 aromatic heterocycles. The van der Waals surface area contributed by atoms with E-state index in [1.807, 2.05) is 12.1 Å². The minimum atomic E-state index is -1.15. The van der Waals surface area contributed by atoms with Crippen LogP contribution in [0.2, 0.25) is 0 Å². The van der Waals surface area contributed by atoms with Crippen LogP contribution in [0, 0.1) is 11.6 Å². The van der Waals surface area contributed by atoms with Gasteiger partial charge in [0.2, 0.25) is 0 Å². The molecule has 6 heteroatoms. The highest BCUT2D eigenvalue weighted by atomic mass is 19.2. The van der Waals surface area contributed by atoms with Crippen LogP contribution in [0.5, 0.6) is 0 Å². The van der Waals surface area contributed by atoms with Gasteiger partial charge in [0.05, 0.1) is 6.10 Å². The van der Waals surface area contributed by atoms with Gasteiger partial charge in [-0.1, -0.05) is 30.3 Å². The zero-order valence-corrected chi connectivity index (χ0v) is 12.5. The van der Waals surface area contributed by atoms with Gasteiger partial charge in [0.15, 0.2) is 11.6 Å². The average Bonchev–Trinajstić information content (AvgIpc) is 2.61. The third-order valence-electron chi connectivity index (χ3n) is 3.67. The molecule has 0 aliphatic carbocycles. The predicted molar refractivity (Wildman–Crippen MR) is 85.4 cm³/mol. The van der Waals surface area contributed by atoms with E-state index in [4.69, 9.17) is 0 Å². The number of carbonyl (C=O) groups excluding carboxylic acids is 1. The van der Waals surface area contributed by atoms with Crippen LogP contribution in [0.25, 0.3) is 10.8 Å². The van der Waals surface area contributed by atoms with Crippen molar-refractivity contribution in [2.24, 2.45) is 0 Å². The van der Waals surface area contributed by atoms with Crippen molar-refractivity contribution < 1.29 is 18.7 Å². The molecule has 1 amide bonds. The molecule has 0 bridgehead atoms. The number of fused-ring (bicyclic) bond motifs is 1. The van der Waals surface area contributed by atoms with Crippen LogP contribution >= 0.6 is 0 Å². The van der Waals surface area contributed by atoms with Crippen molar-refractivity contribution in [3.8, 4) is 0 Å². The lowest BCUT2D eigenvalue weighted by atomic mass is 10.1. The quantitative estimate of drug-likeness (QED) is 0.774. The zero-order chi connectivity index (χ0) is 17.1. The first-order chi connectivity index (χ1) is 11.6. The number of nitrogens with one attached hydrogen (secondary N) is 1. The second-order valence-corrected chi connectivity index (χ2v) is 5.28. The van der Waals surface area contributed by atoms with Gasteiger partial charge in [-0.3, -0.25) is 9.78 Å². The van der Waals surface area contributed by atoms with E-state index >= 15 is 0 Å². The van der Waals surface area contributed by atoms with E-state index in [2.05, 4.69) is 10.3 Å². The molecular formula is C18H14F2N2O2. The second kappa shape index (κ2) is 6.72. The minimum Gasteiger partial charge on any atom is -0.387 e. The summed E-state index contributed by atoms with van der Waals surface area (Å²) in [7, 11) is 0. The van der Waals surface area contributed by atoms with Crippen LogP contribution in [0.3, 0.4) is 0 Å². The number of benzene rings is 2. The Labute approximate surface area is 136 Å². The lowest BCUT2D eigenvalue weighted by Crippen LogP contribution is -2.29. The summed E-state index contributed by atoms with van der Waals surface area (Å²) in [5, 5.41) is 14.1. The highest BCUT2D eigenvalue weighted by molar-refractivity contribution is 6.05. The van der Waals surface area contributed by atoms with Crippen LogP contribution in [-0.2, 0) is 0 Å². The summed E-state index contributed by atoms with van der Waals surface area (Å²) < 4.78 is 26.1. The molecule has 2 N–H and O–H groups in total. The number of aliphatic hydroxyl groups is 1. The molecule has 0 radical (unpaired) electrons. The standard InChI is InChI=1S/C18H14F2N2O2/c19-14-6-5-12(9-15(14)20)16(23)10-22-18(24)17-13-4-2-1-3-11(13)7-8-21-17/h1-9,16,23H,10H2,(H,22,24). The van der Waals surface area contributed by atoms with Gasteiger partial charge in [-0.25, -0.2) is 8.78 Å². The molecule has 0 saturated heterocycles. The monoisotopic (exact) mass is 328 g/mol. The fourth-order valence-corrected chi connectivity index (χ4v) is 2.41. The van der Waals surface area contributed by atoms with Crippen molar-refractivity contribution in [1.29, 1.82) is 0 Å². The van der Waals surface area contributed by atoms with E-state index in [1.54, 1.807) is 18.2 Å². The van der Waals surface area contributed by atoms with E-state index in [9.17, 15) is 18.7 Å². The number of aromatic nitrogens is 1. The molecule has 122 valence electrons. The van der Waals surface area contributed by atoms with E-state index < -0.39 is 23.6 Å². The molecule has 1 heterocycles. The van der Waals surface area contributed by atoms with Gasteiger partial charge in [-0.05, 0) is 29.1 Å². The Balaban J connectivity index is 1.73. The van der Waals surface area contributed by atoms with E-state index in [-0.39, 0.29) is 17.8 Å².